The standard InChI is InChI=1S/C26H32N2O5.ClH/c1-3-33-26(32)23(14-13-19-9-5-4-6-10-19)27-18(2)25(31)28(17-24(29)30)22-15-20-11-7-8-12-21(20)16-22;/h4-12,18,22-23,27H,3,13-17H2,1-2H3,(H,29,30);1H/t18-,23-;/m0./s1. The van der Waals surface area contributed by atoms with Gasteiger partial charge in [0.15, 0.2) is 0 Å². The van der Waals surface area contributed by atoms with Gasteiger partial charge in [-0.15, -0.1) is 12.4 Å². The van der Waals surface area contributed by atoms with E-state index < -0.39 is 24.0 Å². The molecule has 3 rings (SSSR count). The highest BCUT2D eigenvalue weighted by atomic mass is 35.5. The van der Waals surface area contributed by atoms with Gasteiger partial charge in [0.05, 0.1) is 12.6 Å². The van der Waals surface area contributed by atoms with E-state index >= 15 is 0 Å². The van der Waals surface area contributed by atoms with E-state index in [1.165, 1.54) is 4.90 Å². The summed E-state index contributed by atoms with van der Waals surface area (Å²) in [5.74, 6) is -1.80. The molecule has 0 radical (unpaired) electrons. The number of nitrogens with one attached hydrogen (secondary N) is 1. The number of carboxylic acid groups (broad SMARTS) is 1. The zero-order chi connectivity index (χ0) is 23.8. The third-order valence-electron chi connectivity index (χ3n) is 6.02. The number of ether oxygens (including phenoxy) is 1. The van der Waals surface area contributed by atoms with E-state index in [0.29, 0.717) is 25.7 Å². The molecule has 0 aromatic heterocycles. The van der Waals surface area contributed by atoms with E-state index in [1.54, 1.807) is 13.8 Å². The molecule has 7 nitrogen and oxygen atoms in total. The normalized spacial score (nSPS) is 14.4. The van der Waals surface area contributed by atoms with Gasteiger partial charge in [-0.1, -0.05) is 54.6 Å². The van der Waals surface area contributed by atoms with E-state index in [1.807, 2.05) is 54.6 Å². The molecule has 0 saturated heterocycles. The van der Waals surface area contributed by atoms with Gasteiger partial charge in [-0.2, -0.15) is 0 Å². The van der Waals surface area contributed by atoms with Crippen LogP contribution in [0.5, 0.6) is 0 Å². The first kappa shape index (κ1) is 27.3. The third-order valence-corrected chi connectivity index (χ3v) is 6.02. The number of amides is 1. The van der Waals surface area contributed by atoms with Crippen molar-refractivity contribution in [1.29, 1.82) is 0 Å². The Hall–Kier alpha value is -2.90. The van der Waals surface area contributed by atoms with Crippen LogP contribution in [0.4, 0.5) is 0 Å². The highest BCUT2D eigenvalue weighted by Gasteiger charge is 2.34. The van der Waals surface area contributed by atoms with E-state index in [2.05, 4.69) is 5.32 Å². The molecular formula is C26H33ClN2O5. The van der Waals surface area contributed by atoms with E-state index in [0.717, 1.165) is 16.7 Å². The number of hydrogen-bond acceptors (Lipinski definition) is 5. The summed E-state index contributed by atoms with van der Waals surface area (Å²) >= 11 is 0. The van der Waals surface area contributed by atoms with Crippen LogP contribution in [-0.4, -0.2) is 59.1 Å². The second kappa shape index (κ2) is 13.1. The number of carboxylic acids is 1. The topological polar surface area (TPSA) is 95.9 Å². The number of aliphatic carboxylic acids is 1. The van der Waals surface area contributed by atoms with E-state index in [4.69, 9.17) is 4.74 Å². The van der Waals surface area contributed by atoms with Gasteiger partial charge in [0, 0.05) is 6.04 Å². The van der Waals surface area contributed by atoms with Crippen molar-refractivity contribution in [3.8, 4) is 0 Å². The van der Waals surface area contributed by atoms with Crippen molar-refractivity contribution in [2.75, 3.05) is 13.2 Å². The minimum atomic E-state index is -1.06. The number of rotatable bonds is 11. The Balaban J connectivity index is 0.00000408. The van der Waals surface area contributed by atoms with Gasteiger partial charge >= 0.3 is 11.9 Å². The minimum absolute atomic E-state index is 0. The van der Waals surface area contributed by atoms with Gasteiger partial charge in [0.1, 0.15) is 12.6 Å². The molecule has 2 aromatic rings. The van der Waals surface area contributed by atoms with Crippen molar-refractivity contribution in [1.82, 2.24) is 10.2 Å². The van der Waals surface area contributed by atoms with Crippen LogP contribution < -0.4 is 5.32 Å². The Kier molecular flexibility index (Phi) is 10.5. The fourth-order valence-electron chi connectivity index (χ4n) is 4.38. The van der Waals surface area contributed by atoms with Crippen molar-refractivity contribution >= 4 is 30.3 Å². The maximum absolute atomic E-state index is 13.4. The molecule has 0 spiro atoms. The summed E-state index contributed by atoms with van der Waals surface area (Å²) in [6, 6.07) is 16.1. The first-order valence-corrected chi connectivity index (χ1v) is 11.4. The predicted octanol–water partition coefficient (Wildman–Crippen LogP) is 3.03. The molecule has 1 amide bonds. The fraction of sp³-hybridized carbons (Fsp3) is 0.423. The van der Waals surface area contributed by atoms with Gasteiger partial charge in [0.2, 0.25) is 5.91 Å². The third kappa shape index (κ3) is 7.30. The van der Waals surface area contributed by atoms with Crippen LogP contribution in [0.15, 0.2) is 54.6 Å². The molecule has 2 atom stereocenters. The molecule has 0 unspecified atom stereocenters. The Morgan fingerprint density at radius 3 is 2.21 bits per heavy atom. The largest absolute Gasteiger partial charge is 0.480 e. The molecule has 0 fully saturated rings. The van der Waals surface area contributed by atoms with Gasteiger partial charge in [-0.3, -0.25) is 19.7 Å². The summed E-state index contributed by atoms with van der Waals surface area (Å²) in [7, 11) is 0. The first-order valence-electron chi connectivity index (χ1n) is 11.4. The highest BCUT2D eigenvalue weighted by Crippen LogP contribution is 2.26. The second-order valence-corrected chi connectivity index (χ2v) is 8.41. The number of halogens is 1. The summed E-state index contributed by atoms with van der Waals surface area (Å²) < 4.78 is 5.22. The van der Waals surface area contributed by atoms with Crippen molar-refractivity contribution in [3.05, 3.63) is 71.3 Å². The molecule has 0 bridgehead atoms. The monoisotopic (exact) mass is 488 g/mol. The van der Waals surface area contributed by atoms with Crippen LogP contribution in [0.25, 0.3) is 0 Å². The molecule has 34 heavy (non-hydrogen) atoms. The van der Waals surface area contributed by atoms with E-state index in [-0.39, 0.29) is 37.5 Å². The number of nitrogens with zero attached hydrogens (tertiary/aromatic N) is 1. The molecule has 0 aliphatic heterocycles. The Morgan fingerprint density at radius 1 is 1.06 bits per heavy atom. The Bertz CT molecular complexity index is 944. The maximum Gasteiger partial charge on any atom is 0.323 e. The van der Waals surface area contributed by atoms with Crippen molar-refractivity contribution in [2.45, 2.75) is 57.7 Å². The van der Waals surface area contributed by atoms with Gasteiger partial charge in [0.25, 0.3) is 0 Å². The highest BCUT2D eigenvalue weighted by molar-refractivity contribution is 5.86. The number of esters is 1. The van der Waals surface area contributed by atoms with Crippen LogP contribution in [0.2, 0.25) is 0 Å². The molecule has 2 N–H and O–H groups in total. The molecular weight excluding hydrogens is 456 g/mol. The Morgan fingerprint density at radius 2 is 1.65 bits per heavy atom. The molecule has 184 valence electrons. The van der Waals surface area contributed by atoms with Gasteiger partial charge in [-0.05, 0) is 56.2 Å². The fourth-order valence-corrected chi connectivity index (χ4v) is 4.38. The molecule has 8 heteroatoms. The van der Waals surface area contributed by atoms with Crippen molar-refractivity contribution in [2.24, 2.45) is 0 Å². The molecule has 0 heterocycles. The summed E-state index contributed by atoms with van der Waals surface area (Å²) in [4.78, 5) is 38.9. The molecule has 1 aliphatic carbocycles. The van der Waals surface area contributed by atoms with Crippen LogP contribution in [0.3, 0.4) is 0 Å². The summed E-state index contributed by atoms with van der Waals surface area (Å²) in [6.45, 7) is 3.29. The van der Waals surface area contributed by atoms with Crippen LogP contribution in [0.1, 0.15) is 37.0 Å². The Labute approximate surface area is 206 Å². The summed E-state index contributed by atoms with van der Waals surface area (Å²) in [5.41, 5.74) is 3.36. The molecule has 0 saturated carbocycles. The average molecular weight is 489 g/mol. The lowest BCUT2D eigenvalue weighted by Gasteiger charge is -2.31. The number of aryl methyl sites for hydroxylation is 1. The number of fused-ring (bicyclic) bond motifs is 1. The zero-order valence-electron chi connectivity index (χ0n) is 19.6. The number of carbonyl (C=O) groups is 3. The molecule has 2 aromatic carbocycles. The molecule has 1 aliphatic rings. The lowest BCUT2D eigenvalue weighted by molar-refractivity contribution is -0.149. The number of hydrogen-bond donors (Lipinski definition) is 2. The lowest BCUT2D eigenvalue weighted by Crippen LogP contribution is -2.54. The first-order chi connectivity index (χ1) is 15.9. The second-order valence-electron chi connectivity index (χ2n) is 8.41. The maximum atomic E-state index is 13.4. The number of carbonyl (C=O) groups excluding carboxylic acids is 2. The minimum Gasteiger partial charge on any atom is -0.480 e. The summed E-state index contributed by atoms with van der Waals surface area (Å²) in [5, 5.41) is 12.6. The van der Waals surface area contributed by atoms with Crippen molar-refractivity contribution in [3.63, 3.8) is 0 Å². The van der Waals surface area contributed by atoms with E-state index in [9.17, 15) is 19.5 Å². The summed E-state index contributed by atoms with van der Waals surface area (Å²) in [6.07, 6.45) is 2.36. The lowest BCUT2D eigenvalue weighted by atomic mass is 10.0. The quantitative estimate of drug-likeness (QED) is 0.472. The predicted molar refractivity (Wildman–Crippen MR) is 132 cm³/mol. The van der Waals surface area contributed by atoms with Gasteiger partial charge < -0.3 is 14.7 Å². The van der Waals surface area contributed by atoms with Crippen molar-refractivity contribution < 1.29 is 24.2 Å². The van der Waals surface area contributed by atoms with Gasteiger partial charge in [-0.25, -0.2) is 0 Å². The van der Waals surface area contributed by atoms with Crippen LogP contribution in [0, 0.1) is 0 Å². The van der Waals surface area contributed by atoms with Crippen LogP contribution >= 0.6 is 12.4 Å². The van der Waals surface area contributed by atoms with Crippen LogP contribution in [-0.2, 0) is 38.4 Å². The number of benzene rings is 2. The average Bonchev–Trinajstić information content (AvgIpc) is 3.24. The SMILES string of the molecule is CCOC(=O)[C@H](CCc1ccccc1)N[C@@H](C)C(=O)N(CC(=O)O)C1Cc2ccccc2C1.Cl. The smallest absolute Gasteiger partial charge is 0.323 e. The zero-order valence-corrected chi connectivity index (χ0v) is 20.4.